The van der Waals surface area contributed by atoms with Gasteiger partial charge in [-0.3, -0.25) is 0 Å². The summed E-state index contributed by atoms with van der Waals surface area (Å²) >= 11 is 0. The van der Waals surface area contributed by atoms with Crippen LogP contribution in [0.15, 0.2) is 78.9 Å². The third-order valence-corrected chi connectivity index (χ3v) is 8.32. The molecule has 2 bridgehead atoms. The zero-order valence-corrected chi connectivity index (χ0v) is 20.1. The Labute approximate surface area is 206 Å². The van der Waals surface area contributed by atoms with Crippen molar-refractivity contribution in [1.29, 1.82) is 0 Å². The lowest BCUT2D eigenvalue weighted by Gasteiger charge is -2.38. The molecule has 0 saturated heterocycles. The fraction of sp³-hybridized carbons (Fsp3) is 0.250. The lowest BCUT2D eigenvalue weighted by atomic mass is 9.79. The summed E-state index contributed by atoms with van der Waals surface area (Å²) in [6, 6.07) is 25.3. The summed E-state index contributed by atoms with van der Waals surface area (Å²) in [6.07, 6.45) is 8.47. The van der Waals surface area contributed by atoms with Crippen molar-refractivity contribution < 1.29 is 14.2 Å². The van der Waals surface area contributed by atoms with Crippen molar-refractivity contribution >= 4 is 16.8 Å². The lowest BCUT2D eigenvalue weighted by molar-refractivity contribution is 0.163. The molecule has 4 aromatic rings. The average molecular weight is 461 g/mol. The first kappa shape index (κ1) is 20.6. The molecule has 1 heterocycles. The van der Waals surface area contributed by atoms with Gasteiger partial charge in [0, 0.05) is 22.1 Å². The number of hydrogen-bond donors (Lipinski definition) is 0. The van der Waals surface area contributed by atoms with Crippen molar-refractivity contribution in [2.45, 2.75) is 36.7 Å². The first-order valence-electron chi connectivity index (χ1n) is 12.5. The van der Waals surface area contributed by atoms with Gasteiger partial charge in [0.1, 0.15) is 17.2 Å². The first-order chi connectivity index (χ1) is 17.2. The third-order valence-electron chi connectivity index (χ3n) is 8.32. The van der Waals surface area contributed by atoms with E-state index in [9.17, 15) is 0 Å². The lowest BCUT2D eigenvalue weighted by Crippen LogP contribution is -2.34. The highest BCUT2D eigenvalue weighted by Crippen LogP contribution is 2.60. The van der Waals surface area contributed by atoms with Crippen LogP contribution in [0.3, 0.4) is 0 Å². The van der Waals surface area contributed by atoms with Crippen LogP contribution in [0.25, 0.3) is 16.8 Å². The maximum Gasteiger partial charge on any atom is 0.178 e. The van der Waals surface area contributed by atoms with Crippen molar-refractivity contribution in [2.75, 3.05) is 14.2 Å². The second kappa shape index (κ2) is 7.64. The molecule has 2 unspecified atom stereocenters. The van der Waals surface area contributed by atoms with E-state index in [0.29, 0.717) is 11.8 Å². The van der Waals surface area contributed by atoms with Gasteiger partial charge < -0.3 is 14.2 Å². The summed E-state index contributed by atoms with van der Waals surface area (Å²) in [5, 5.41) is 2.58. The molecule has 2 atom stereocenters. The molecule has 0 amide bonds. The fourth-order valence-corrected chi connectivity index (χ4v) is 6.68. The standard InChI is InChI=1S/C32H28O3/c1-33-24-13-9-22(10-14-24)32(23-11-15-25(34-2)16-12-23)18-17-28-30-21-8-7-20(19-21)29(30)26-5-3-4-6-27(26)31(28)35-32/h3-6,9-18,20-21H,7-8,19H2,1-2H3. The number of ether oxygens (including phenoxy) is 3. The fourth-order valence-electron chi connectivity index (χ4n) is 6.68. The Morgan fingerprint density at radius 1 is 0.714 bits per heavy atom. The smallest absolute Gasteiger partial charge is 0.178 e. The minimum Gasteiger partial charge on any atom is -0.497 e. The molecule has 4 aromatic carbocycles. The van der Waals surface area contributed by atoms with Crippen molar-refractivity contribution in [1.82, 2.24) is 0 Å². The minimum atomic E-state index is -0.750. The van der Waals surface area contributed by atoms with Gasteiger partial charge in [-0.2, -0.15) is 0 Å². The number of fused-ring (bicyclic) bond motifs is 10. The molecule has 0 radical (unpaired) electrons. The van der Waals surface area contributed by atoms with Crippen LogP contribution in [0.2, 0.25) is 0 Å². The Balaban J connectivity index is 1.48. The predicted octanol–water partition coefficient (Wildman–Crippen LogP) is 7.57. The van der Waals surface area contributed by atoms with Crippen LogP contribution >= 0.6 is 0 Å². The van der Waals surface area contributed by atoms with Gasteiger partial charge in [0.15, 0.2) is 5.60 Å². The summed E-state index contributed by atoms with van der Waals surface area (Å²) in [5.41, 5.74) is 5.77. The van der Waals surface area contributed by atoms with Gasteiger partial charge in [-0.25, -0.2) is 0 Å². The van der Waals surface area contributed by atoms with Crippen LogP contribution < -0.4 is 14.2 Å². The largest absolute Gasteiger partial charge is 0.497 e. The van der Waals surface area contributed by atoms with Crippen molar-refractivity contribution in [3.05, 3.63) is 107 Å². The van der Waals surface area contributed by atoms with Gasteiger partial charge in [0.25, 0.3) is 0 Å². The zero-order chi connectivity index (χ0) is 23.6. The molecule has 0 spiro atoms. The molecule has 2 aliphatic carbocycles. The molecule has 1 saturated carbocycles. The van der Waals surface area contributed by atoms with Gasteiger partial charge >= 0.3 is 0 Å². The topological polar surface area (TPSA) is 27.7 Å². The van der Waals surface area contributed by atoms with E-state index in [-0.39, 0.29) is 0 Å². The highest BCUT2D eigenvalue weighted by Gasteiger charge is 2.44. The highest BCUT2D eigenvalue weighted by atomic mass is 16.5. The van der Waals surface area contributed by atoms with Crippen LogP contribution in [-0.2, 0) is 5.60 Å². The Morgan fingerprint density at radius 3 is 1.89 bits per heavy atom. The summed E-state index contributed by atoms with van der Waals surface area (Å²) < 4.78 is 18.1. The Bertz CT molecular complexity index is 1420. The maximum absolute atomic E-state index is 7.22. The van der Waals surface area contributed by atoms with Crippen LogP contribution in [0, 0.1) is 0 Å². The van der Waals surface area contributed by atoms with E-state index < -0.39 is 5.60 Å². The summed E-state index contributed by atoms with van der Waals surface area (Å²) in [6.45, 7) is 0. The molecule has 35 heavy (non-hydrogen) atoms. The number of methoxy groups -OCH3 is 2. The SMILES string of the molecule is COc1ccc(C2(c3ccc(OC)cc3)C=Cc3c4c(c5ccccc5c3O2)C2CCC4C2)cc1. The van der Waals surface area contributed by atoms with Crippen molar-refractivity contribution in [3.63, 3.8) is 0 Å². The number of rotatable bonds is 4. The molecular formula is C32H28O3. The van der Waals surface area contributed by atoms with Crippen molar-refractivity contribution in [3.8, 4) is 17.2 Å². The zero-order valence-electron chi connectivity index (χ0n) is 20.1. The minimum absolute atomic E-state index is 0.649. The van der Waals surface area contributed by atoms with E-state index in [1.54, 1.807) is 19.8 Å². The van der Waals surface area contributed by atoms with Crippen LogP contribution in [0.4, 0.5) is 0 Å². The van der Waals surface area contributed by atoms with E-state index in [4.69, 9.17) is 14.2 Å². The molecule has 0 aromatic heterocycles. The molecule has 0 N–H and O–H groups in total. The first-order valence-corrected chi connectivity index (χ1v) is 12.5. The van der Waals surface area contributed by atoms with Crippen LogP contribution in [0.1, 0.15) is 58.9 Å². The second-order valence-electron chi connectivity index (χ2n) is 9.95. The highest BCUT2D eigenvalue weighted by molar-refractivity contribution is 5.98. The molecule has 7 rings (SSSR count). The summed E-state index contributed by atoms with van der Waals surface area (Å²) in [5.74, 6) is 4.00. The molecule has 174 valence electrons. The molecule has 3 aliphatic rings. The van der Waals surface area contributed by atoms with E-state index in [2.05, 4.69) is 60.7 Å². The monoisotopic (exact) mass is 460 g/mol. The molecule has 3 nitrogen and oxygen atoms in total. The Morgan fingerprint density at radius 2 is 1.29 bits per heavy atom. The molecule has 1 fully saturated rings. The maximum atomic E-state index is 7.22. The van der Waals surface area contributed by atoms with Gasteiger partial charge in [0.05, 0.1) is 14.2 Å². The quantitative estimate of drug-likeness (QED) is 0.314. The Kier molecular flexibility index (Phi) is 4.51. The summed E-state index contributed by atoms with van der Waals surface area (Å²) in [4.78, 5) is 0. The van der Waals surface area contributed by atoms with E-state index in [1.165, 1.54) is 41.2 Å². The predicted molar refractivity (Wildman–Crippen MR) is 140 cm³/mol. The van der Waals surface area contributed by atoms with Gasteiger partial charge in [-0.1, -0.05) is 54.6 Å². The van der Waals surface area contributed by atoms with Gasteiger partial charge in [0.2, 0.25) is 0 Å². The van der Waals surface area contributed by atoms with Gasteiger partial charge in [-0.15, -0.1) is 0 Å². The van der Waals surface area contributed by atoms with E-state index in [1.807, 2.05) is 24.3 Å². The van der Waals surface area contributed by atoms with Gasteiger partial charge in [-0.05, 0) is 78.0 Å². The van der Waals surface area contributed by atoms with Crippen molar-refractivity contribution in [2.24, 2.45) is 0 Å². The van der Waals surface area contributed by atoms with Crippen LogP contribution in [0.5, 0.6) is 17.2 Å². The number of hydrogen-bond acceptors (Lipinski definition) is 3. The number of benzene rings is 4. The average Bonchev–Trinajstić information content (AvgIpc) is 3.56. The molecule has 3 heteroatoms. The second-order valence-corrected chi connectivity index (χ2v) is 9.95. The van der Waals surface area contributed by atoms with Crippen LogP contribution in [-0.4, -0.2) is 14.2 Å². The summed E-state index contributed by atoms with van der Waals surface area (Å²) in [7, 11) is 3.39. The normalized spacial score (nSPS) is 20.9. The molecule has 1 aliphatic heterocycles. The molecular weight excluding hydrogens is 432 g/mol. The van der Waals surface area contributed by atoms with E-state index >= 15 is 0 Å². The third kappa shape index (κ3) is 2.91. The van der Waals surface area contributed by atoms with E-state index in [0.717, 1.165) is 28.4 Å². The Hall–Kier alpha value is -3.72.